The minimum absolute atomic E-state index is 0.0969. The van der Waals surface area contributed by atoms with Crippen molar-refractivity contribution in [2.45, 2.75) is 316 Å². The van der Waals surface area contributed by atoms with Gasteiger partial charge in [-0.3, -0.25) is 14.4 Å². The maximum absolute atomic E-state index is 12.9. The zero-order chi connectivity index (χ0) is 53.6. The maximum Gasteiger partial charge on any atom is 0.306 e. The molecule has 74 heavy (non-hydrogen) atoms. The first kappa shape index (κ1) is 70.6. The summed E-state index contributed by atoms with van der Waals surface area (Å²) in [5, 5.41) is 0. The van der Waals surface area contributed by atoms with E-state index in [1.54, 1.807) is 0 Å². The van der Waals surface area contributed by atoms with E-state index < -0.39 is 6.10 Å². The maximum atomic E-state index is 12.9. The first-order valence-electron chi connectivity index (χ1n) is 31.6. The molecule has 0 rings (SSSR count). The van der Waals surface area contributed by atoms with Crippen LogP contribution in [0.1, 0.15) is 310 Å². The highest BCUT2D eigenvalue weighted by Crippen LogP contribution is 2.17. The number of hydrogen-bond donors (Lipinski definition) is 0. The van der Waals surface area contributed by atoms with Crippen LogP contribution < -0.4 is 0 Å². The van der Waals surface area contributed by atoms with Gasteiger partial charge < -0.3 is 14.2 Å². The van der Waals surface area contributed by atoms with Crippen LogP contribution in [0.2, 0.25) is 0 Å². The van der Waals surface area contributed by atoms with Gasteiger partial charge in [-0.05, 0) is 83.5 Å². The molecule has 0 saturated heterocycles. The molecule has 426 valence electrons. The topological polar surface area (TPSA) is 78.9 Å². The summed E-state index contributed by atoms with van der Waals surface area (Å²) >= 11 is 0. The van der Waals surface area contributed by atoms with Crippen LogP contribution in [0.15, 0.2) is 85.1 Å². The molecule has 0 radical (unpaired) electrons. The molecule has 0 bridgehead atoms. The first-order valence-corrected chi connectivity index (χ1v) is 31.6. The van der Waals surface area contributed by atoms with Crippen LogP contribution in [0, 0.1) is 0 Å². The second-order valence-electron chi connectivity index (χ2n) is 20.9. The van der Waals surface area contributed by atoms with E-state index in [-0.39, 0.29) is 37.5 Å². The highest BCUT2D eigenvalue weighted by molar-refractivity contribution is 5.71. The smallest absolute Gasteiger partial charge is 0.306 e. The fourth-order valence-electron chi connectivity index (χ4n) is 8.94. The third-order valence-electron chi connectivity index (χ3n) is 13.6. The molecule has 0 saturated carbocycles. The van der Waals surface area contributed by atoms with Crippen molar-refractivity contribution in [3.05, 3.63) is 85.1 Å². The van der Waals surface area contributed by atoms with Crippen LogP contribution in [0.3, 0.4) is 0 Å². The van der Waals surface area contributed by atoms with Gasteiger partial charge in [0.25, 0.3) is 0 Å². The normalized spacial score (nSPS) is 12.6. The molecular weight excluding hydrogens is 913 g/mol. The molecule has 0 fully saturated rings. The van der Waals surface area contributed by atoms with Crippen LogP contribution in [0.4, 0.5) is 0 Å². The van der Waals surface area contributed by atoms with Crippen molar-refractivity contribution in [1.29, 1.82) is 0 Å². The van der Waals surface area contributed by atoms with Crippen molar-refractivity contribution in [3.63, 3.8) is 0 Å². The zero-order valence-corrected chi connectivity index (χ0v) is 48.8. The van der Waals surface area contributed by atoms with Gasteiger partial charge in [-0.25, -0.2) is 0 Å². The molecular formula is C68H118O6. The first-order chi connectivity index (χ1) is 36.5. The number of rotatable bonds is 57. The highest BCUT2D eigenvalue weighted by Gasteiger charge is 2.19. The van der Waals surface area contributed by atoms with Gasteiger partial charge in [0, 0.05) is 19.3 Å². The van der Waals surface area contributed by atoms with Crippen molar-refractivity contribution in [2.24, 2.45) is 0 Å². The molecule has 0 aromatic rings. The standard InChI is InChI=1S/C68H118O6/c1-4-7-10-13-16-19-22-25-27-29-30-31-32-33-34-35-36-37-38-39-41-43-46-49-52-55-58-61-67(70)73-64-65(63-72-66(69)60-57-54-51-48-45-42-24-21-18-15-12-9-6-3)74-68(71)62-59-56-53-50-47-44-40-28-26-23-20-17-14-11-8-5-2/h9,12,18,21-22,25,29-30,32-33,42,45,51,54,65H,4-8,10-11,13-17,19-20,23-24,26-28,31,34-41,43-44,46-50,52-53,55-64H2,1-3H3/b12-9-,21-18-,25-22-,30-29-,33-32-,45-42-,54-51-. The molecule has 6 heteroatoms. The lowest BCUT2D eigenvalue weighted by Gasteiger charge is -2.18. The third-order valence-corrected chi connectivity index (χ3v) is 13.6. The molecule has 1 atom stereocenters. The van der Waals surface area contributed by atoms with Gasteiger partial charge in [0.15, 0.2) is 6.10 Å². The lowest BCUT2D eigenvalue weighted by Crippen LogP contribution is -2.30. The average molecular weight is 1030 g/mol. The van der Waals surface area contributed by atoms with Gasteiger partial charge in [-0.15, -0.1) is 0 Å². The molecule has 0 heterocycles. The Kier molecular flexibility index (Phi) is 59.3. The van der Waals surface area contributed by atoms with Crippen LogP contribution in [-0.2, 0) is 28.6 Å². The number of unbranched alkanes of at least 4 members (excludes halogenated alkanes) is 32. The van der Waals surface area contributed by atoms with E-state index >= 15 is 0 Å². The summed E-state index contributed by atoms with van der Waals surface area (Å²) in [5.41, 5.74) is 0. The Hall–Kier alpha value is -3.41. The minimum atomic E-state index is -0.805. The Morgan fingerprint density at radius 1 is 0.284 bits per heavy atom. The zero-order valence-electron chi connectivity index (χ0n) is 48.8. The minimum Gasteiger partial charge on any atom is -0.462 e. The van der Waals surface area contributed by atoms with Gasteiger partial charge in [0.1, 0.15) is 13.2 Å². The van der Waals surface area contributed by atoms with Crippen LogP contribution in [-0.4, -0.2) is 37.2 Å². The monoisotopic (exact) mass is 1030 g/mol. The summed E-state index contributed by atoms with van der Waals surface area (Å²) in [7, 11) is 0. The lowest BCUT2D eigenvalue weighted by molar-refractivity contribution is -0.166. The summed E-state index contributed by atoms with van der Waals surface area (Å²) in [5.74, 6) is -0.972. The van der Waals surface area contributed by atoms with E-state index in [4.69, 9.17) is 14.2 Å². The van der Waals surface area contributed by atoms with E-state index in [1.807, 2.05) is 6.08 Å². The van der Waals surface area contributed by atoms with Crippen molar-refractivity contribution in [2.75, 3.05) is 13.2 Å². The number of carbonyl (C=O) groups is 3. The largest absolute Gasteiger partial charge is 0.462 e. The van der Waals surface area contributed by atoms with Gasteiger partial charge >= 0.3 is 17.9 Å². The van der Waals surface area contributed by atoms with Gasteiger partial charge in [0.05, 0.1) is 0 Å². The number of hydrogen-bond acceptors (Lipinski definition) is 6. The Morgan fingerprint density at radius 3 is 0.905 bits per heavy atom. The predicted molar refractivity (Wildman–Crippen MR) is 321 cm³/mol. The van der Waals surface area contributed by atoms with E-state index in [2.05, 4.69) is 99.8 Å². The summed E-state index contributed by atoms with van der Waals surface area (Å²) < 4.78 is 16.8. The molecule has 0 aliphatic heterocycles. The molecule has 0 aromatic heterocycles. The molecule has 1 unspecified atom stereocenters. The second-order valence-corrected chi connectivity index (χ2v) is 20.9. The highest BCUT2D eigenvalue weighted by atomic mass is 16.6. The molecule has 0 aromatic carbocycles. The number of carbonyl (C=O) groups excluding carboxylic acids is 3. The lowest BCUT2D eigenvalue weighted by atomic mass is 10.0. The molecule has 0 aliphatic rings. The van der Waals surface area contributed by atoms with Crippen LogP contribution >= 0.6 is 0 Å². The van der Waals surface area contributed by atoms with E-state index in [0.717, 1.165) is 77.0 Å². The number of ether oxygens (including phenoxy) is 3. The fourth-order valence-corrected chi connectivity index (χ4v) is 8.94. The Balaban J connectivity index is 4.30. The molecule has 0 spiro atoms. The van der Waals surface area contributed by atoms with Crippen molar-refractivity contribution in [3.8, 4) is 0 Å². The Labute approximate surface area is 458 Å². The summed E-state index contributed by atoms with van der Waals surface area (Å²) in [6.45, 7) is 6.48. The quantitative estimate of drug-likeness (QED) is 0.0261. The Morgan fingerprint density at radius 2 is 0.554 bits per heavy atom. The summed E-state index contributed by atoms with van der Waals surface area (Å²) in [6.07, 6.45) is 81.8. The van der Waals surface area contributed by atoms with E-state index in [9.17, 15) is 14.4 Å². The molecule has 0 aliphatic carbocycles. The molecule has 6 nitrogen and oxygen atoms in total. The second kappa shape index (κ2) is 62.1. The average Bonchev–Trinajstić information content (AvgIpc) is 3.40. The fraction of sp³-hybridized carbons (Fsp3) is 0.750. The SMILES string of the molecule is CC/C=C\C/C=C\C/C=C\C/C=C\CCC(=O)OCC(COC(=O)CCCCCCCCCCCCCC/C=C\C/C=C\C/C=C\CCCCCCC)OC(=O)CCCCCCCCCCCCCCCCCC. The summed E-state index contributed by atoms with van der Waals surface area (Å²) in [6, 6.07) is 0. The molecule has 0 amide bonds. The van der Waals surface area contributed by atoms with Gasteiger partial charge in [0.2, 0.25) is 0 Å². The number of esters is 3. The van der Waals surface area contributed by atoms with Crippen LogP contribution in [0.25, 0.3) is 0 Å². The van der Waals surface area contributed by atoms with E-state index in [0.29, 0.717) is 19.3 Å². The van der Waals surface area contributed by atoms with E-state index in [1.165, 1.54) is 186 Å². The predicted octanol–water partition coefficient (Wildman–Crippen LogP) is 21.5. The van der Waals surface area contributed by atoms with Crippen molar-refractivity contribution >= 4 is 17.9 Å². The Bertz CT molecular complexity index is 1420. The van der Waals surface area contributed by atoms with Crippen LogP contribution in [0.5, 0.6) is 0 Å². The van der Waals surface area contributed by atoms with Crippen molar-refractivity contribution < 1.29 is 28.6 Å². The van der Waals surface area contributed by atoms with Gasteiger partial charge in [-0.2, -0.15) is 0 Å². The van der Waals surface area contributed by atoms with Crippen molar-refractivity contribution in [1.82, 2.24) is 0 Å². The summed E-state index contributed by atoms with van der Waals surface area (Å²) in [4.78, 5) is 38.2. The third kappa shape index (κ3) is 59.5. The van der Waals surface area contributed by atoms with Gasteiger partial charge in [-0.1, -0.05) is 292 Å². The number of allylic oxidation sites excluding steroid dienone is 14. The molecule has 0 N–H and O–H groups in total.